The van der Waals surface area contributed by atoms with Gasteiger partial charge in [-0.3, -0.25) is 4.79 Å². The number of imidazole rings is 1. The Morgan fingerprint density at radius 2 is 1.93 bits per heavy atom. The van der Waals surface area contributed by atoms with Crippen LogP contribution in [-0.2, 0) is 9.53 Å². The van der Waals surface area contributed by atoms with Crippen molar-refractivity contribution in [2.75, 3.05) is 26.8 Å². The first-order valence-electron chi connectivity index (χ1n) is 10.3. The summed E-state index contributed by atoms with van der Waals surface area (Å²) in [7, 11) is 1.65. The van der Waals surface area contributed by atoms with Crippen molar-refractivity contribution in [3.05, 3.63) is 54.6 Å². The van der Waals surface area contributed by atoms with Gasteiger partial charge in [0.25, 0.3) is 0 Å². The van der Waals surface area contributed by atoms with Crippen LogP contribution in [-0.4, -0.2) is 53.2 Å². The van der Waals surface area contributed by atoms with E-state index in [0.717, 1.165) is 28.1 Å². The molecule has 7 heteroatoms. The third-order valence-electron chi connectivity index (χ3n) is 6.10. The fourth-order valence-electron chi connectivity index (χ4n) is 4.25. The summed E-state index contributed by atoms with van der Waals surface area (Å²) in [4.78, 5) is 19.0. The average molecular weight is 409 g/mol. The van der Waals surface area contributed by atoms with Crippen molar-refractivity contribution in [3.63, 3.8) is 0 Å². The van der Waals surface area contributed by atoms with Gasteiger partial charge in [-0.1, -0.05) is 18.2 Å². The lowest BCUT2D eigenvalue weighted by molar-refractivity contribution is -0.148. The van der Waals surface area contributed by atoms with Gasteiger partial charge < -0.3 is 18.8 Å². The molecule has 3 aromatic rings. The predicted molar refractivity (Wildman–Crippen MR) is 110 cm³/mol. The minimum atomic E-state index is -0.826. The molecule has 2 aromatic heterocycles. The molecular formula is C23H24FN3O3. The second-order valence-electron chi connectivity index (χ2n) is 7.98. The molecular weight excluding hydrogens is 385 g/mol. The zero-order valence-corrected chi connectivity index (χ0v) is 16.8. The van der Waals surface area contributed by atoms with Crippen molar-refractivity contribution in [1.82, 2.24) is 14.3 Å². The molecule has 1 aliphatic carbocycles. The maximum atomic E-state index is 13.1. The number of alkyl halides is 1. The van der Waals surface area contributed by atoms with Crippen LogP contribution in [0.5, 0.6) is 5.75 Å². The van der Waals surface area contributed by atoms with Crippen LogP contribution in [0.25, 0.3) is 16.6 Å². The summed E-state index contributed by atoms with van der Waals surface area (Å²) < 4.78 is 26.3. The Kier molecular flexibility index (Phi) is 4.90. The second-order valence-corrected chi connectivity index (χ2v) is 7.98. The molecule has 156 valence electrons. The lowest BCUT2D eigenvalue weighted by Gasteiger charge is -2.38. The maximum absolute atomic E-state index is 13.1. The molecule has 1 saturated heterocycles. The summed E-state index contributed by atoms with van der Waals surface area (Å²) in [6, 6.07) is 12.0. The van der Waals surface area contributed by atoms with Gasteiger partial charge in [0.15, 0.2) is 0 Å². The fraction of sp³-hybridized carbons (Fsp3) is 0.391. The number of nitrogens with zero attached hydrogens (tertiary/aromatic N) is 3. The molecule has 5 rings (SSSR count). The number of aromatic nitrogens is 2. The molecule has 1 aromatic carbocycles. The summed E-state index contributed by atoms with van der Waals surface area (Å²) in [5, 5.41) is 0. The Morgan fingerprint density at radius 3 is 2.67 bits per heavy atom. The molecule has 1 aliphatic heterocycles. The zero-order valence-electron chi connectivity index (χ0n) is 16.8. The number of rotatable bonds is 4. The van der Waals surface area contributed by atoms with Crippen molar-refractivity contribution in [1.29, 1.82) is 0 Å². The highest BCUT2D eigenvalue weighted by Crippen LogP contribution is 2.34. The Hall–Kier alpha value is -2.93. The van der Waals surface area contributed by atoms with Crippen LogP contribution >= 0.6 is 0 Å². The van der Waals surface area contributed by atoms with Crippen LogP contribution in [0.2, 0.25) is 0 Å². The molecule has 6 nitrogen and oxygen atoms in total. The lowest BCUT2D eigenvalue weighted by atomic mass is 9.82. The fourth-order valence-corrected chi connectivity index (χ4v) is 4.25. The standard InChI is InChI=1S/C23H24FN3O3/c1-29-19-5-2-15(3-6-19)16-4-7-20-22(25-14-27(20)12-16)21-13-26(8-9-30-21)23(28)17-10-18(24)11-17/h2-7,12,14,17-18,21H,8-11,13H2,1H3. The molecule has 3 heterocycles. The first kappa shape index (κ1) is 19.1. The highest BCUT2D eigenvalue weighted by atomic mass is 19.1. The van der Waals surface area contributed by atoms with E-state index in [-0.39, 0.29) is 17.9 Å². The van der Waals surface area contributed by atoms with Gasteiger partial charge in [-0.05, 0) is 42.2 Å². The molecule has 1 atom stereocenters. The topological polar surface area (TPSA) is 56.1 Å². The average Bonchev–Trinajstić information content (AvgIpc) is 3.20. The van der Waals surface area contributed by atoms with Gasteiger partial charge in [-0.25, -0.2) is 9.37 Å². The highest BCUT2D eigenvalue weighted by Gasteiger charge is 2.39. The second kappa shape index (κ2) is 7.72. The monoisotopic (exact) mass is 409 g/mol. The highest BCUT2D eigenvalue weighted by molar-refractivity contribution is 5.80. The van der Waals surface area contributed by atoms with Gasteiger partial charge in [0, 0.05) is 18.7 Å². The van der Waals surface area contributed by atoms with E-state index in [0.29, 0.717) is 32.5 Å². The van der Waals surface area contributed by atoms with E-state index in [4.69, 9.17) is 9.47 Å². The first-order chi connectivity index (χ1) is 14.6. The number of pyridine rings is 1. The number of hydrogen-bond acceptors (Lipinski definition) is 4. The van der Waals surface area contributed by atoms with Gasteiger partial charge in [-0.2, -0.15) is 0 Å². The lowest BCUT2D eigenvalue weighted by Crippen LogP contribution is -2.48. The van der Waals surface area contributed by atoms with E-state index in [1.807, 2.05) is 45.8 Å². The van der Waals surface area contributed by atoms with Crippen LogP contribution in [0.15, 0.2) is 48.9 Å². The molecule has 0 N–H and O–H groups in total. The van der Waals surface area contributed by atoms with Crippen molar-refractivity contribution in [2.45, 2.75) is 25.1 Å². The van der Waals surface area contributed by atoms with E-state index in [2.05, 4.69) is 11.1 Å². The summed E-state index contributed by atoms with van der Waals surface area (Å²) in [5.74, 6) is 0.689. The Balaban J connectivity index is 1.36. The first-order valence-corrected chi connectivity index (χ1v) is 10.3. The van der Waals surface area contributed by atoms with Gasteiger partial charge in [0.2, 0.25) is 5.91 Å². The smallest absolute Gasteiger partial charge is 0.226 e. The van der Waals surface area contributed by atoms with Crippen molar-refractivity contribution < 1.29 is 18.7 Å². The third kappa shape index (κ3) is 3.43. The van der Waals surface area contributed by atoms with E-state index in [1.165, 1.54) is 0 Å². The number of methoxy groups -OCH3 is 1. The molecule has 1 amide bonds. The van der Waals surface area contributed by atoms with E-state index in [9.17, 15) is 9.18 Å². The van der Waals surface area contributed by atoms with Crippen LogP contribution in [0.3, 0.4) is 0 Å². The maximum Gasteiger partial charge on any atom is 0.226 e. The number of carbonyl (C=O) groups is 1. The Bertz CT molecular complexity index is 1060. The number of hydrogen-bond donors (Lipinski definition) is 0. The number of fused-ring (bicyclic) bond motifs is 1. The largest absolute Gasteiger partial charge is 0.497 e. The van der Waals surface area contributed by atoms with E-state index >= 15 is 0 Å². The number of morpholine rings is 1. The number of carbonyl (C=O) groups excluding carboxylic acids is 1. The number of amides is 1. The van der Waals surface area contributed by atoms with Gasteiger partial charge in [-0.15, -0.1) is 0 Å². The van der Waals surface area contributed by atoms with Gasteiger partial charge in [0.1, 0.15) is 18.0 Å². The van der Waals surface area contributed by atoms with Crippen molar-refractivity contribution in [3.8, 4) is 16.9 Å². The summed E-state index contributed by atoms with van der Waals surface area (Å²) >= 11 is 0. The molecule has 1 unspecified atom stereocenters. The minimum absolute atomic E-state index is 0.0440. The summed E-state index contributed by atoms with van der Waals surface area (Å²) in [6.45, 7) is 1.47. The third-order valence-corrected chi connectivity index (χ3v) is 6.10. The molecule has 0 spiro atoms. The molecule has 2 aliphatic rings. The van der Waals surface area contributed by atoms with Crippen molar-refractivity contribution >= 4 is 11.4 Å². The van der Waals surface area contributed by atoms with Crippen LogP contribution in [0.4, 0.5) is 4.39 Å². The number of ether oxygens (including phenoxy) is 2. The molecule has 30 heavy (non-hydrogen) atoms. The van der Waals surface area contributed by atoms with Crippen LogP contribution < -0.4 is 4.74 Å². The van der Waals surface area contributed by atoms with Gasteiger partial charge >= 0.3 is 0 Å². The molecule has 2 fully saturated rings. The Morgan fingerprint density at radius 1 is 1.17 bits per heavy atom. The molecule has 1 saturated carbocycles. The predicted octanol–water partition coefficient (Wildman–Crippen LogP) is 3.66. The molecule has 0 bridgehead atoms. The Labute approximate surface area is 174 Å². The molecule has 0 radical (unpaired) electrons. The normalized spacial score (nSPS) is 23.9. The minimum Gasteiger partial charge on any atom is -0.497 e. The SMILES string of the molecule is COc1ccc(-c2ccc3c(C4CN(C(=O)C5CC(F)C5)CCO4)ncn3c2)cc1. The van der Waals surface area contributed by atoms with Crippen LogP contribution in [0.1, 0.15) is 24.6 Å². The van der Waals surface area contributed by atoms with Crippen molar-refractivity contribution in [2.24, 2.45) is 5.92 Å². The number of halogens is 1. The zero-order chi connectivity index (χ0) is 20.7. The quantitative estimate of drug-likeness (QED) is 0.660. The summed E-state index contributed by atoms with van der Waals surface area (Å²) in [6.07, 6.45) is 3.41. The van der Waals surface area contributed by atoms with E-state index < -0.39 is 6.17 Å². The summed E-state index contributed by atoms with van der Waals surface area (Å²) in [5.41, 5.74) is 3.94. The van der Waals surface area contributed by atoms with E-state index in [1.54, 1.807) is 13.4 Å². The van der Waals surface area contributed by atoms with Crippen LogP contribution in [0, 0.1) is 5.92 Å². The number of benzene rings is 1. The van der Waals surface area contributed by atoms with Gasteiger partial charge in [0.05, 0.1) is 37.8 Å².